The third-order valence-electron chi connectivity index (χ3n) is 2.16. The first-order valence-corrected chi connectivity index (χ1v) is 4.66. The number of aliphatic hydroxyl groups is 1. The molecule has 16 heavy (non-hydrogen) atoms. The Balaban J connectivity index is 2.98. The van der Waals surface area contributed by atoms with Gasteiger partial charge in [-0.2, -0.15) is 5.26 Å². The van der Waals surface area contributed by atoms with Gasteiger partial charge in [-0.3, -0.25) is 0 Å². The van der Waals surface area contributed by atoms with Gasteiger partial charge in [0, 0.05) is 6.42 Å². The molecule has 0 fully saturated rings. The number of carboxylic acids is 1. The molecule has 0 aromatic heterocycles. The molecule has 0 saturated carbocycles. The van der Waals surface area contributed by atoms with Crippen LogP contribution in [-0.2, 0) is 11.2 Å². The first-order chi connectivity index (χ1) is 7.56. The number of aliphatic hydroxyl groups excluding tert-OH is 1. The average molecular weight is 221 g/mol. The van der Waals surface area contributed by atoms with Gasteiger partial charge in [0.25, 0.3) is 0 Å². The van der Waals surface area contributed by atoms with Crippen molar-refractivity contribution in [2.75, 3.05) is 0 Å². The number of aryl methyl sites for hydroxylation is 1. The molecule has 5 nitrogen and oxygen atoms in total. The van der Waals surface area contributed by atoms with E-state index in [4.69, 9.17) is 10.4 Å². The number of hydrogen-bond acceptors (Lipinski definition) is 4. The number of aliphatic carboxylic acids is 1. The van der Waals surface area contributed by atoms with E-state index in [-0.39, 0.29) is 17.7 Å². The molecule has 1 aromatic rings. The van der Waals surface area contributed by atoms with Crippen LogP contribution in [-0.4, -0.2) is 21.3 Å². The van der Waals surface area contributed by atoms with Crippen molar-refractivity contribution in [3.05, 3.63) is 29.3 Å². The summed E-state index contributed by atoms with van der Waals surface area (Å²) in [5, 5.41) is 35.8. The highest BCUT2D eigenvalue weighted by atomic mass is 16.4. The first-order valence-electron chi connectivity index (χ1n) is 4.66. The van der Waals surface area contributed by atoms with Crippen molar-refractivity contribution in [2.24, 2.45) is 0 Å². The Morgan fingerprint density at radius 2 is 2.19 bits per heavy atom. The Labute approximate surface area is 92.2 Å². The van der Waals surface area contributed by atoms with Crippen LogP contribution in [0.1, 0.15) is 23.7 Å². The summed E-state index contributed by atoms with van der Waals surface area (Å²) in [7, 11) is 0. The minimum absolute atomic E-state index is 0.00316. The zero-order valence-electron chi connectivity index (χ0n) is 8.42. The molecule has 5 heteroatoms. The zero-order chi connectivity index (χ0) is 12.1. The van der Waals surface area contributed by atoms with Gasteiger partial charge in [0.1, 0.15) is 5.75 Å². The molecule has 0 saturated heterocycles. The molecular weight excluding hydrogens is 210 g/mol. The van der Waals surface area contributed by atoms with Crippen molar-refractivity contribution in [3.63, 3.8) is 0 Å². The van der Waals surface area contributed by atoms with Gasteiger partial charge in [0.2, 0.25) is 0 Å². The van der Waals surface area contributed by atoms with Crippen LogP contribution in [0.25, 0.3) is 0 Å². The molecule has 0 bridgehead atoms. The molecular formula is C11H11NO4. The van der Waals surface area contributed by atoms with Crippen molar-refractivity contribution in [1.82, 2.24) is 0 Å². The van der Waals surface area contributed by atoms with E-state index in [2.05, 4.69) is 0 Å². The molecule has 0 radical (unpaired) electrons. The largest absolute Gasteiger partial charge is 0.508 e. The number of nitrogens with zero attached hydrogens (tertiary/aromatic N) is 1. The number of nitriles is 1. The van der Waals surface area contributed by atoms with E-state index in [1.807, 2.05) is 6.07 Å². The Bertz CT molecular complexity index is 436. The van der Waals surface area contributed by atoms with Crippen LogP contribution in [0.4, 0.5) is 0 Å². The van der Waals surface area contributed by atoms with Gasteiger partial charge in [-0.15, -0.1) is 0 Å². The molecule has 1 aromatic carbocycles. The van der Waals surface area contributed by atoms with Crippen LogP contribution in [0.3, 0.4) is 0 Å². The van der Waals surface area contributed by atoms with Crippen LogP contribution in [0.5, 0.6) is 5.75 Å². The standard InChI is InChI=1S/C11H11NO4/c12-5-1-2-7-6-8(3-4-9(7)13)10(14)11(15)16/h3-4,6,10,13-14H,1-2H2,(H,15,16). The van der Waals surface area contributed by atoms with Gasteiger partial charge in [-0.1, -0.05) is 6.07 Å². The van der Waals surface area contributed by atoms with Crippen LogP contribution >= 0.6 is 0 Å². The summed E-state index contributed by atoms with van der Waals surface area (Å²) in [4.78, 5) is 10.5. The number of rotatable bonds is 4. The van der Waals surface area contributed by atoms with E-state index in [0.717, 1.165) is 0 Å². The molecule has 1 rings (SSSR count). The summed E-state index contributed by atoms with van der Waals surface area (Å²) in [5.74, 6) is -1.35. The maximum absolute atomic E-state index is 10.5. The maximum Gasteiger partial charge on any atom is 0.337 e. The van der Waals surface area contributed by atoms with Gasteiger partial charge in [0.15, 0.2) is 6.10 Å². The normalized spacial score (nSPS) is 11.8. The van der Waals surface area contributed by atoms with Gasteiger partial charge in [0.05, 0.1) is 6.07 Å². The second-order valence-corrected chi connectivity index (χ2v) is 3.29. The molecule has 0 aliphatic carbocycles. The van der Waals surface area contributed by atoms with Gasteiger partial charge < -0.3 is 15.3 Å². The minimum atomic E-state index is -1.61. The van der Waals surface area contributed by atoms with Crippen LogP contribution in [0.2, 0.25) is 0 Å². The molecule has 0 aliphatic rings. The van der Waals surface area contributed by atoms with Crippen molar-refractivity contribution >= 4 is 5.97 Å². The third-order valence-corrected chi connectivity index (χ3v) is 2.16. The lowest BCUT2D eigenvalue weighted by Gasteiger charge is -2.09. The number of carbonyl (C=O) groups is 1. The van der Waals surface area contributed by atoms with Crippen molar-refractivity contribution in [1.29, 1.82) is 5.26 Å². The minimum Gasteiger partial charge on any atom is -0.508 e. The van der Waals surface area contributed by atoms with E-state index in [1.54, 1.807) is 0 Å². The van der Waals surface area contributed by atoms with E-state index in [1.165, 1.54) is 18.2 Å². The maximum atomic E-state index is 10.5. The lowest BCUT2D eigenvalue weighted by Crippen LogP contribution is -2.10. The topological polar surface area (TPSA) is 102 Å². The molecule has 84 valence electrons. The summed E-state index contributed by atoms with van der Waals surface area (Å²) in [6.07, 6.45) is -1.07. The zero-order valence-corrected chi connectivity index (χ0v) is 8.42. The lowest BCUT2D eigenvalue weighted by atomic mass is 10.0. The predicted octanol–water partition coefficient (Wildman–Crippen LogP) is 0.966. The molecule has 0 amide bonds. The van der Waals surface area contributed by atoms with Crippen LogP contribution < -0.4 is 0 Å². The summed E-state index contributed by atoms with van der Waals surface area (Å²) < 4.78 is 0. The molecule has 1 atom stereocenters. The quantitative estimate of drug-likeness (QED) is 0.703. The Kier molecular flexibility index (Phi) is 3.86. The van der Waals surface area contributed by atoms with Gasteiger partial charge in [-0.25, -0.2) is 4.79 Å². The number of phenols is 1. The summed E-state index contributed by atoms with van der Waals surface area (Å²) in [5.41, 5.74) is 0.651. The highest BCUT2D eigenvalue weighted by molar-refractivity contribution is 5.74. The van der Waals surface area contributed by atoms with Gasteiger partial charge >= 0.3 is 5.97 Å². The van der Waals surface area contributed by atoms with Crippen molar-refractivity contribution in [2.45, 2.75) is 18.9 Å². The molecule has 0 aliphatic heterocycles. The van der Waals surface area contributed by atoms with Gasteiger partial charge in [-0.05, 0) is 29.7 Å². The molecule has 3 N–H and O–H groups in total. The second-order valence-electron chi connectivity index (χ2n) is 3.29. The van der Waals surface area contributed by atoms with Crippen molar-refractivity contribution < 1.29 is 20.1 Å². The highest BCUT2D eigenvalue weighted by Crippen LogP contribution is 2.23. The monoisotopic (exact) mass is 221 g/mol. The second kappa shape index (κ2) is 5.14. The first kappa shape index (κ1) is 12.0. The fraction of sp³-hybridized carbons (Fsp3) is 0.273. The predicted molar refractivity (Wildman–Crippen MR) is 54.6 cm³/mol. The average Bonchev–Trinajstić information content (AvgIpc) is 2.27. The highest BCUT2D eigenvalue weighted by Gasteiger charge is 2.16. The third kappa shape index (κ3) is 2.72. The SMILES string of the molecule is N#CCCc1cc(C(O)C(=O)O)ccc1O. The van der Waals surface area contributed by atoms with Crippen LogP contribution in [0, 0.1) is 11.3 Å². The molecule has 1 unspecified atom stereocenters. The Morgan fingerprint density at radius 1 is 1.50 bits per heavy atom. The molecule has 0 spiro atoms. The summed E-state index contributed by atoms with van der Waals surface area (Å²) >= 11 is 0. The van der Waals surface area contributed by atoms with E-state index in [9.17, 15) is 15.0 Å². The van der Waals surface area contributed by atoms with Crippen LogP contribution in [0.15, 0.2) is 18.2 Å². The molecule has 0 heterocycles. The number of phenolic OH excluding ortho intramolecular Hbond substituents is 1. The number of benzene rings is 1. The fourth-order valence-electron chi connectivity index (χ4n) is 1.31. The fourth-order valence-corrected chi connectivity index (χ4v) is 1.31. The summed E-state index contributed by atoms with van der Waals surface area (Å²) in [6.45, 7) is 0. The van der Waals surface area contributed by atoms with Crippen molar-refractivity contribution in [3.8, 4) is 11.8 Å². The smallest absolute Gasteiger partial charge is 0.337 e. The number of hydrogen-bond donors (Lipinski definition) is 3. The number of carboxylic acid groups (broad SMARTS) is 1. The summed E-state index contributed by atoms with van der Waals surface area (Å²) in [6, 6.07) is 5.97. The van der Waals surface area contributed by atoms with E-state index < -0.39 is 12.1 Å². The van der Waals surface area contributed by atoms with E-state index in [0.29, 0.717) is 12.0 Å². The number of aromatic hydroxyl groups is 1. The Morgan fingerprint density at radius 3 is 2.75 bits per heavy atom. The van der Waals surface area contributed by atoms with E-state index >= 15 is 0 Å². The lowest BCUT2D eigenvalue weighted by molar-refractivity contribution is -0.146. The Hall–Kier alpha value is -2.06.